The highest BCUT2D eigenvalue weighted by Crippen LogP contribution is 2.32. The Morgan fingerprint density at radius 1 is 1.00 bits per heavy atom. The molecule has 0 bridgehead atoms. The zero-order valence-corrected chi connectivity index (χ0v) is 8.79. The van der Waals surface area contributed by atoms with E-state index in [1.807, 2.05) is 0 Å². The molecule has 1 aromatic carbocycles. The van der Waals surface area contributed by atoms with E-state index in [0.29, 0.717) is 12.1 Å². The van der Waals surface area contributed by atoms with Crippen LogP contribution in [0.25, 0.3) is 0 Å². The van der Waals surface area contributed by atoms with Gasteiger partial charge in [0.05, 0.1) is 10.6 Å². The molecule has 0 aliphatic carbocycles. The van der Waals surface area contributed by atoms with Crippen molar-refractivity contribution < 1.29 is 31.3 Å². The van der Waals surface area contributed by atoms with Gasteiger partial charge in [0, 0.05) is 12.1 Å². The van der Waals surface area contributed by atoms with Gasteiger partial charge in [0.25, 0.3) is 5.69 Å². The Morgan fingerprint density at radius 2 is 1.42 bits per heavy atom. The fourth-order valence-corrected chi connectivity index (χ4v) is 1.07. The fourth-order valence-electron chi connectivity index (χ4n) is 1.07. The van der Waals surface area contributed by atoms with Crippen LogP contribution in [0.2, 0.25) is 0 Å². The van der Waals surface area contributed by atoms with Crippen LogP contribution in [0.1, 0.15) is 0 Å². The van der Waals surface area contributed by atoms with Gasteiger partial charge in [-0.1, -0.05) is 0 Å². The van der Waals surface area contributed by atoms with Crippen molar-refractivity contribution in [3.63, 3.8) is 0 Å². The number of nitrogens with zero attached hydrogens (tertiary/aromatic N) is 2. The molecule has 0 fully saturated rings. The van der Waals surface area contributed by atoms with Crippen molar-refractivity contribution in [2.45, 2.75) is 12.4 Å². The number of hydrogen-bond acceptors (Lipinski definition) is 3. The van der Waals surface area contributed by atoms with Gasteiger partial charge in [0.15, 0.2) is 0 Å². The first-order valence-electron chi connectivity index (χ1n) is 4.49. The summed E-state index contributed by atoms with van der Waals surface area (Å²) in [6.45, 7) is 0. The lowest BCUT2D eigenvalue weighted by molar-refractivity contribution is -0.384. The minimum absolute atomic E-state index is 0.473. The van der Waals surface area contributed by atoms with Crippen molar-refractivity contribution >= 4 is 17.1 Å². The summed E-state index contributed by atoms with van der Waals surface area (Å²) >= 11 is 0. The lowest BCUT2D eigenvalue weighted by atomic mass is 10.2. The second-order valence-corrected chi connectivity index (χ2v) is 3.23. The number of non-ortho nitro benzene ring substituents is 1. The summed E-state index contributed by atoms with van der Waals surface area (Å²) in [5, 5.41) is 10.3. The summed E-state index contributed by atoms with van der Waals surface area (Å²) in [5.74, 6) is 0. The highest BCUT2D eigenvalue weighted by molar-refractivity contribution is 5.96. The van der Waals surface area contributed by atoms with E-state index in [2.05, 4.69) is 4.99 Å². The zero-order chi connectivity index (χ0) is 14.8. The number of alkyl halides is 6. The normalized spacial score (nSPS) is 12.1. The molecule has 1 aromatic rings. The monoisotopic (exact) mass is 286 g/mol. The van der Waals surface area contributed by atoms with Gasteiger partial charge in [-0.2, -0.15) is 26.3 Å². The molecule has 0 unspecified atom stereocenters. The van der Waals surface area contributed by atoms with Crippen molar-refractivity contribution in [2.75, 3.05) is 0 Å². The van der Waals surface area contributed by atoms with Gasteiger partial charge in [-0.15, -0.1) is 0 Å². The van der Waals surface area contributed by atoms with Gasteiger partial charge in [-0.25, -0.2) is 4.99 Å². The van der Waals surface area contributed by atoms with Gasteiger partial charge in [-0.05, 0) is 12.1 Å². The molecular formula is C9H4F6N2O2. The first kappa shape index (κ1) is 14.9. The lowest BCUT2D eigenvalue weighted by Crippen LogP contribution is -2.36. The lowest BCUT2D eigenvalue weighted by Gasteiger charge is -2.13. The molecule has 0 saturated carbocycles. The molecule has 104 valence electrons. The minimum Gasteiger partial charge on any atom is -0.258 e. The Hall–Kier alpha value is -2.13. The van der Waals surface area contributed by atoms with Crippen molar-refractivity contribution in [1.82, 2.24) is 0 Å². The standard InChI is InChI=1S/C9H4F6N2O2/c10-8(11,12)7(9(13,14)15)16-5-1-3-6(4-2-5)17(18)19/h1-4H. The third-order valence-electron chi connectivity index (χ3n) is 1.84. The Bertz CT molecular complexity index is 487. The Labute approximate surface area is 101 Å². The highest BCUT2D eigenvalue weighted by Gasteiger charge is 2.53. The van der Waals surface area contributed by atoms with Crippen LogP contribution in [-0.4, -0.2) is 23.0 Å². The van der Waals surface area contributed by atoms with Crippen molar-refractivity contribution in [3.05, 3.63) is 34.4 Å². The number of nitro benzene ring substituents is 1. The average molecular weight is 286 g/mol. The van der Waals surface area contributed by atoms with Crippen LogP contribution in [0.5, 0.6) is 0 Å². The third-order valence-corrected chi connectivity index (χ3v) is 1.84. The van der Waals surface area contributed by atoms with Crippen LogP contribution in [0, 0.1) is 10.1 Å². The van der Waals surface area contributed by atoms with Gasteiger partial charge in [0.2, 0.25) is 5.71 Å². The molecule has 0 N–H and O–H groups in total. The Morgan fingerprint density at radius 3 is 1.74 bits per heavy atom. The van der Waals surface area contributed by atoms with Crippen LogP contribution >= 0.6 is 0 Å². The number of rotatable bonds is 2. The van der Waals surface area contributed by atoms with Crippen molar-refractivity contribution in [2.24, 2.45) is 4.99 Å². The molecule has 0 saturated heterocycles. The largest absolute Gasteiger partial charge is 0.438 e. The minimum atomic E-state index is -5.67. The number of hydrogen-bond donors (Lipinski definition) is 0. The van der Waals surface area contributed by atoms with Gasteiger partial charge >= 0.3 is 12.4 Å². The smallest absolute Gasteiger partial charge is 0.258 e. The van der Waals surface area contributed by atoms with Crippen LogP contribution in [0.4, 0.5) is 37.7 Å². The molecule has 0 aliphatic rings. The molecule has 0 aliphatic heterocycles. The summed E-state index contributed by atoms with van der Waals surface area (Å²) < 4.78 is 72.9. The predicted molar refractivity (Wildman–Crippen MR) is 52.3 cm³/mol. The summed E-state index contributed by atoms with van der Waals surface area (Å²) in [5.41, 5.74) is -4.08. The number of aliphatic imine (C=N–C) groups is 1. The predicted octanol–water partition coefficient (Wildman–Crippen LogP) is 3.79. The quantitative estimate of drug-likeness (QED) is 0.359. The molecular weight excluding hydrogens is 282 g/mol. The topological polar surface area (TPSA) is 55.5 Å². The van der Waals surface area contributed by atoms with Crippen molar-refractivity contribution in [1.29, 1.82) is 0 Å². The van der Waals surface area contributed by atoms with E-state index in [-0.39, 0.29) is 0 Å². The SMILES string of the molecule is O=[N+]([O-])c1ccc(N=C(C(F)(F)F)C(F)(F)F)cc1. The van der Waals surface area contributed by atoms with E-state index in [0.717, 1.165) is 12.1 Å². The molecule has 0 atom stereocenters. The van der Waals surface area contributed by atoms with Crippen molar-refractivity contribution in [3.8, 4) is 0 Å². The summed E-state index contributed by atoms with van der Waals surface area (Å²) in [6.07, 6.45) is -11.3. The second kappa shape index (κ2) is 4.86. The van der Waals surface area contributed by atoms with Crippen LogP contribution in [0.3, 0.4) is 0 Å². The second-order valence-electron chi connectivity index (χ2n) is 3.23. The van der Waals surface area contributed by atoms with Gasteiger partial charge in [0.1, 0.15) is 0 Å². The van der Waals surface area contributed by atoms with Gasteiger partial charge in [-0.3, -0.25) is 10.1 Å². The van der Waals surface area contributed by atoms with Gasteiger partial charge < -0.3 is 0 Å². The maximum absolute atomic E-state index is 12.2. The first-order valence-corrected chi connectivity index (χ1v) is 4.49. The van der Waals surface area contributed by atoms with E-state index in [1.165, 1.54) is 0 Å². The molecule has 0 spiro atoms. The molecule has 0 aromatic heterocycles. The number of benzene rings is 1. The zero-order valence-electron chi connectivity index (χ0n) is 8.79. The third kappa shape index (κ3) is 3.93. The fraction of sp³-hybridized carbons (Fsp3) is 0.222. The molecule has 1 rings (SSSR count). The van der Waals surface area contributed by atoms with E-state index in [4.69, 9.17) is 0 Å². The summed E-state index contributed by atoms with van der Waals surface area (Å²) in [4.78, 5) is 11.9. The molecule has 0 heterocycles. The summed E-state index contributed by atoms with van der Waals surface area (Å²) in [6, 6.07) is 2.89. The molecule has 0 amide bonds. The molecule has 19 heavy (non-hydrogen) atoms. The van der Waals surface area contributed by atoms with Crippen LogP contribution < -0.4 is 0 Å². The maximum Gasteiger partial charge on any atom is 0.438 e. The van der Waals surface area contributed by atoms with Crippen LogP contribution in [-0.2, 0) is 0 Å². The van der Waals surface area contributed by atoms with Crippen LogP contribution in [0.15, 0.2) is 29.3 Å². The number of halogens is 6. The van der Waals surface area contributed by atoms with E-state index in [9.17, 15) is 36.5 Å². The van der Waals surface area contributed by atoms with E-state index in [1.54, 1.807) is 0 Å². The molecule has 10 heteroatoms. The summed E-state index contributed by atoms with van der Waals surface area (Å²) in [7, 11) is 0. The Kier molecular flexibility index (Phi) is 3.82. The Balaban J connectivity index is 3.20. The average Bonchev–Trinajstić information content (AvgIpc) is 2.23. The first-order chi connectivity index (χ1) is 8.51. The number of nitro groups is 1. The molecule has 0 radical (unpaired) electrons. The van der Waals surface area contributed by atoms with E-state index >= 15 is 0 Å². The molecule has 4 nitrogen and oxygen atoms in total. The van der Waals surface area contributed by atoms with E-state index < -0.39 is 34.4 Å². The maximum atomic E-state index is 12.2. The highest BCUT2D eigenvalue weighted by atomic mass is 19.4.